The number of carbonyl (C=O) groups is 1. The average molecular weight is 266 g/mol. The molecule has 0 heterocycles. The zero-order chi connectivity index (χ0) is 14.1. The van der Waals surface area contributed by atoms with Crippen LogP contribution in [0.2, 0.25) is 0 Å². The average Bonchev–Trinajstić information content (AvgIpc) is 2.43. The fourth-order valence-electron chi connectivity index (χ4n) is 1.61. The number of nitrogens with two attached hydrogens (primary N) is 1. The van der Waals surface area contributed by atoms with E-state index in [-0.39, 0.29) is 0 Å². The third kappa shape index (κ3) is 5.18. The minimum atomic E-state index is -0.424. The van der Waals surface area contributed by atoms with Crippen molar-refractivity contribution in [3.05, 3.63) is 23.8 Å². The van der Waals surface area contributed by atoms with Gasteiger partial charge in [0.15, 0.2) is 0 Å². The molecule has 0 bridgehead atoms. The Balaban J connectivity index is 2.44. The van der Waals surface area contributed by atoms with Crippen molar-refractivity contribution >= 4 is 17.3 Å². The van der Waals surface area contributed by atoms with Gasteiger partial charge < -0.3 is 20.5 Å². The first-order valence-corrected chi connectivity index (χ1v) is 6.48. The van der Waals surface area contributed by atoms with Gasteiger partial charge in [-0.1, -0.05) is 6.92 Å². The normalized spacial score (nSPS) is 10.2. The number of nitrogens with one attached hydrogen (secondary N) is 1. The quantitative estimate of drug-likeness (QED) is 0.429. The molecular weight excluding hydrogens is 244 g/mol. The zero-order valence-electron chi connectivity index (χ0n) is 11.6. The molecule has 106 valence electrons. The van der Waals surface area contributed by atoms with Crippen molar-refractivity contribution < 1.29 is 14.3 Å². The van der Waals surface area contributed by atoms with Gasteiger partial charge in [0, 0.05) is 31.1 Å². The van der Waals surface area contributed by atoms with E-state index in [2.05, 4.69) is 17.0 Å². The molecule has 19 heavy (non-hydrogen) atoms. The Bertz CT molecular complexity index is 408. The molecule has 1 aromatic rings. The molecule has 5 heteroatoms. The first-order chi connectivity index (χ1) is 9.19. The highest BCUT2D eigenvalue weighted by Crippen LogP contribution is 2.18. The minimum Gasteiger partial charge on any atom is -0.465 e. The van der Waals surface area contributed by atoms with Crippen LogP contribution in [0.3, 0.4) is 0 Å². The van der Waals surface area contributed by atoms with E-state index in [0.29, 0.717) is 11.3 Å². The summed E-state index contributed by atoms with van der Waals surface area (Å²) in [7, 11) is 1.34. The second kappa shape index (κ2) is 8.37. The van der Waals surface area contributed by atoms with Gasteiger partial charge in [-0.15, -0.1) is 0 Å². The summed E-state index contributed by atoms with van der Waals surface area (Å²) in [6, 6.07) is 5.24. The second-order valence-electron chi connectivity index (χ2n) is 4.19. The molecule has 0 fully saturated rings. The van der Waals surface area contributed by atoms with Crippen molar-refractivity contribution in [1.29, 1.82) is 0 Å². The van der Waals surface area contributed by atoms with Crippen LogP contribution in [0.25, 0.3) is 0 Å². The smallest absolute Gasteiger partial charge is 0.340 e. The summed E-state index contributed by atoms with van der Waals surface area (Å²) in [4.78, 5) is 11.5. The van der Waals surface area contributed by atoms with Crippen molar-refractivity contribution in [3.8, 4) is 0 Å². The highest BCUT2D eigenvalue weighted by atomic mass is 16.5. The zero-order valence-corrected chi connectivity index (χ0v) is 11.6. The van der Waals surface area contributed by atoms with Crippen LogP contribution in [-0.2, 0) is 9.47 Å². The molecule has 0 spiro atoms. The van der Waals surface area contributed by atoms with Gasteiger partial charge >= 0.3 is 5.97 Å². The van der Waals surface area contributed by atoms with Gasteiger partial charge in [0.1, 0.15) is 0 Å². The molecule has 0 aliphatic heterocycles. The number of anilines is 2. The maximum Gasteiger partial charge on any atom is 0.340 e. The van der Waals surface area contributed by atoms with E-state index in [1.54, 1.807) is 12.1 Å². The van der Waals surface area contributed by atoms with Gasteiger partial charge in [0.25, 0.3) is 0 Å². The first kappa shape index (κ1) is 15.3. The van der Waals surface area contributed by atoms with Crippen molar-refractivity contribution in [2.24, 2.45) is 0 Å². The largest absolute Gasteiger partial charge is 0.465 e. The van der Waals surface area contributed by atoms with Crippen LogP contribution in [0.15, 0.2) is 18.2 Å². The van der Waals surface area contributed by atoms with Crippen molar-refractivity contribution in [3.63, 3.8) is 0 Å². The maximum absolute atomic E-state index is 11.5. The summed E-state index contributed by atoms with van der Waals surface area (Å²) in [6.07, 6.45) is 1.95. The van der Waals surface area contributed by atoms with Crippen molar-refractivity contribution in [2.45, 2.75) is 19.8 Å². The predicted octanol–water partition coefficient (Wildman–Crippen LogP) is 2.28. The fraction of sp³-hybridized carbons (Fsp3) is 0.500. The van der Waals surface area contributed by atoms with Gasteiger partial charge in [0.05, 0.1) is 12.7 Å². The van der Waals surface area contributed by atoms with E-state index in [1.165, 1.54) is 7.11 Å². The predicted molar refractivity (Wildman–Crippen MR) is 76.4 cm³/mol. The summed E-state index contributed by atoms with van der Waals surface area (Å²) in [5, 5.41) is 3.22. The number of esters is 1. The van der Waals surface area contributed by atoms with Crippen LogP contribution in [0.1, 0.15) is 30.1 Å². The Morgan fingerprint density at radius 1 is 1.37 bits per heavy atom. The summed E-state index contributed by atoms with van der Waals surface area (Å²) < 4.78 is 10.1. The Morgan fingerprint density at radius 3 is 2.84 bits per heavy atom. The van der Waals surface area contributed by atoms with Gasteiger partial charge in [-0.25, -0.2) is 4.79 Å². The number of benzene rings is 1. The van der Waals surface area contributed by atoms with Gasteiger partial charge in [-0.2, -0.15) is 0 Å². The van der Waals surface area contributed by atoms with E-state index < -0.39 is 5.97 Å². The molecule has 0 aliphatic carbocycles. The highest BCUT2D eigenvalue weighted by Gasteiger charge is 2.10. The molecule has 3 N–H and O–H groups in total. The lowest BCUT2D eigenvalue weighted by Gasteiger charge is -2.09. The molecule has 0 amide bonds. The molecule has 1 aromatic carbocycles. The lowest BCUT2D eigenvalue weighted by molar-refractivity contribution is 0.0602. The Morgan fingerprint density at radius 2 is 2.16 bits per heavy atom. The standard InChI is InChI=1S/C14H22N2O3/c1-3-8-19-9-4-7-16-11-5-6-13(15)12(10-11)14(17)18-2/h5-6,10,16H,3-4,7-9,15H2,1-2H3. The number of rotatable bonds is 8. The summed E-state index contributed by atoms with van der Waals surface area (Å²) >= 11 is 0. The Kier molecular flexibility index (Phi) is 6.74. The molecule has 0 radical (unpaired) electrons. The SMILES string of the molecule is CCCOCCCNc1ccc(N)c(C(=O)OC)c1. The number of nitrogen functional groups attached to an aromatic ring is 1. The van der Waals surface area contributed by atoms with E-state index in [4.69, 9.17) is 10.5 Å². The van der Waals surface area contributed by atoms with Crippen LogP contribution in [-0.4, -0.2) is 32.8 Å². The topological polar surface area (TPSA) is 73.6 Å². The van der Waals surface area contributed by atoms with Gasteiger partial charge in [-0.3, -0.25) is 0 Å². The van der Waals surface area contributed by atoms with Crippen LogP contribution >= 0.6 is 0 Å². The molecule has 0 unspecified atom stereocenters. The summed E-state index contributed by atoms with van der Waals surface area (Å²) in [5.74, 6) is -0.424. The second-order valence-corrected chi connectivity index (χ2v) is 4.19. The van der Waals surface area contributed by atoms with Crippen molar-refractivity contribution in [1.82, 2.24) is 0 Å². The Hall–Kier alpha value is -1.75. The third-order valence-corrected chi connectivity index (χ3v) is 2.60. The monoisotopic (exact) mass is 266 g/mol. The molecule has 5 nitrogen and oxygen atoms in total. The number of ether oxygens (including phenoxy) is 2. The van der Waals surface area contributed by atoms with Crippen LogP contribution in [0.5, 0.6) is 0 Å². The number of methoxy groups -OCH3 is 1. The minimum absolute atomic E-state index is 0.384. The molecule has 0 aliphatic rings. The summed E-state index contributed by atoms with van der Waals surface area (Å²) in [5.41, 5.74) is 7.38. The highest BCUT2D eigenvalue weighted by molar-refractivity contribution is 5.96. The van der Waals surface area contributed by atoms with E-state index in [0.717, 1.165) is 38.3 Å². The number of hydrogen-bond acceptors (Lipinski definition) is 5. The van der Waals surface area contributed by atoms with E-state index >= 15 is 0 Å². The van der Waals surface area contributed by atoms with E-state index in [9.17, 15) is 4.79 Å². The number of hydrogen-bond donors (Lipinski definition) is 2. The van der Waals surface area contributed by atoms with Crippen molar-refractivity contribution in [2.75, 3.05) is 37.9 Å². The first-order valence-electron chi connectivity index (χ1n) is 6.48. The lowest BCUT2D eigenvalue weighted by atomic mass is 10.1. The third-order valence-electron chi connectivity index (χ3n) is 2.60. The van der Waals surface area contributed by atoms with Gasteiger partial charge in [0.2, 0.25) is 0 Å². The Labute approximate surface area is 114 Å². The molecule has 0 atom stereocenters. The summed E-state index contributed by atoms with van der Waals surface area (Å²) in [6.45, 7) is 4.41. The number of carbonyl (C=O) groups excluding carboxylic acids is 1. The maximum atomic E-state index is 11.5. The molecular formula is C14H22N2O3. The van der Waals surface area contributed by atoms with Crippen LogP contribution in [0.4, 0.5) is 11.4 Å². The van der Waals surface area contributed by atoms with Crippen LogP contribution in [0, 0.1) is 0 Å². The van der Waals surface area contributed by atoms with Crippen LogP contribution < -0.4 is 11.1 Å². The van der Waals surface area contributed by atoms with Gasteiger partial charge in [-0.05, 0) is 31.0 Å². The fourth-order valence-corrected chi connectivity index (χ4v) is 1.61. The molecule has 0 aromatic heterocycles. The molecule has 0 saturated heterocycles. The molecule has 0 saturated carbocycles. The lowest BCUT2D eigenvalue weighted by Crippen LogP contribution is -2.09. The van der Waals surface area contributed by atoms with E-state index in [1.807, 2.05) is 6.07 Å². The molecule has 1 rings (SSSR count).